The van der Waals surface area contributed by atoms with Gasteiger partial charge in [0.25, 0.3) is 5.91 Å². The Morgan fingerprint density at radius 2 is 1.48 bits per heavy atom. The predicted octanol–water partition coefficient (Wildman–Crippen LogP) is 5.66. The summed E-state index contributed by atoms with van der Waals surface area (Å²) in [6, 6.07) is 19.7. The Bertz CT molecular complexity index is 1110. The Morgan fingerprint density at radius 1 is 0.839 bits per heavy atom. The minimum Gasteiger partial charge on any atom is -0.490 e. The lowest BCUT2D eigenvalue weighted by atomic mass is 10.0. The van der Waals surface area contributed by atoms with Crippen LogP contribution in [0, 0.1) is 0 Å². The van der Waals surface area contributed by atoms with Crippen molar-refractivity contribution in [1.82, 2.24) is 0 Å². The molecule has 4 rings (SSSR count). The summed E-state index contributed by atoms with van der Waals surface area (Å²) in [6.07, 6.45) is -2.83. The van der Waals surface area contributed by atoms with E-state index in [-0.39, 0.29) is 5.69 Å². The lowest BCUT2D eigenvalue weighted by Crippen LogP contribution is -2.08. The molecular weight excluding hydrogens is 407 g/mol. The molecule has 0 fully saturated rings. The summed E-state index contributed by atoms with van der Waals surface area (Å²) >= 11 is 0. The standard InChI is InChI=1S/C24H18F3NO3/c25-24(26,27)17-8-11-20-21(23(29)28-22(20)15-17)14-16-6-9-19(10-7-16)31-13-12-30-18-4-2-1-3-5-18/h1-11,14-15H,12-13H2,(H,28,29)/b21-14+. The maximum Gasteiger partial charge on any atom is 0.416 e. The summed E-state index contributed by atoms with van der Waals surface area (Å²) in [5.41, 5.74) is 0.839. The largest absolute Gasteiger partial charge is 0.490 e. The van der Waals surface area contributed by atoms with Crippen LogP contribution in [0.5, 0.6) is 11.5 Å². The van der Waals surface area contributed by atoms with Crippen molar-refractivity contribution < 1.29 is 27.4 Å². The average Bonchev–Trinajstić information content (AvgIpc) is 3.07. The van der Waals surface area contributed by atoms with Gasteiger partial charge in [-0.2, -0.15) is 13.2 Å². The molecule has 7 heteroatoms. The molecule has 4 nitrogen and oxygen atoms in total. The van der Waals surface area contributed by atoms with Crippen molar-refractivity contribution in [3.05, 3.63) is 89.5 Å². The van der Waals surface area contributed by atoms with E-state index in [1.54, 1.807) is 30.3 Å². The molecule has 0 unspecified atom stereocenters. The quantitative estimate of drug-likeness (QED) is 0.410. The molecule has 0 radical (unpaired) electrons. The zero-order valence-electron chi connectivity index (χ0n) is 16.3. The number of alkyl halides is 3. The average molecular weight is 425 g/mol. The number of rotatable bonds is 6. The molecule has 0 aromatic heterocycles. The Balaban J connectivity index is 1.40. The van der Waals surface area contributed by atoms with Crippen LogP contribution in [0.2, 0.25) is 0 Å². The first kappa shape index (κ1) is 20.5. The Morgan fingerprint density at radius 3 is 2.13 bits per heavy atom. The lowest BCUT2D eigenvalue weighted by molar-refractivity contribution is -0.137. The molecule has 1 aliphatic rings. The van der Waals surface area contributed by atoms with Crippen molar-refractivity contribution in [3.63, 3.8) is 0 Å². The predicted molar refractivity (Wildman–Crippen MR) is 112 cm³/mol. The number of nitrogens with one attached hydrogen (secondary N) is 1. The maximum atomic E-state index is 12.9. The fourth-order valence-corrected chi connectivity index (χ4v) is 3.18. The van der Waals surface area contributed by atoms with Crippen LogP contribution in [0.3, 0.4) is 0 Å². The molecule has 0 saturated carbocycles. The number of fused-ring (bicyclic) bond motifs is 1. The normalized spacial score (nSPS) is 14.3. The molecule has 1 aliphatic heterocycles. The van der Waals surface area contributed by atoms with Crippen molar-refractivity contribution in [2.24, 2.45) is 0 Å². The van der Waals surface area contributed by atoms with E-state index >= 15 is 0 Å². The van der Waals surface area contributed by atoms with E-state index in [2.05, 4.69) is 5.32 Å². The molecular formula is C24H18F3NO3. The van der Waals surface area contributed by atoms with Crippen LogP contribution in [0.1, 0.15) is 16.7 Å². The van der Waals surface area contributed by atoms with Crippen molar-refractivity contribution in [2.45, 2.75) is 6.18 Å². The first-order valence-electron chi connectivity index (χ1n) is 9.55. The number of halogens is 3. The third-order valence-electron chi connectivity index (χ3n) is 4.68. The first-order chi connectivity index (χ1) is 14.9. The Hall–Kier alpha value is -3.74. The van der Waals surface area contributed by atoms with Gasteiger partial charge in [0.15, 0.2) is 0 Å². The maximum absolute atomic E-state index is 12.9. The van der Waals surface area contributed by atoms with Crippen LogP contribution in [-0.4, -0.2) is 19.1 Å². The van der Waals surface area contributed by atoms with E-state index in [1.165, 1.54) is 6.07 Å². The highest BCUT2D eigenvalue weighted by Gasteiger charge is 2.33. The number of hydrogen-bond donors (Lipinski definition) is 1. The topological polar surface area (TPSA) is 47.6 Å². The van der Waals surface area contributed by atoms with E-state index in [0.29, 0.717) is 30.1 Å². The Labute approximate surface area is 176 Å². The number of carbonyl (C=O) groups is 1. The molecule has 0 atom stereocenters. The summed E-state index contributed by atoms with van der Waals surface area (Å²) in [5, 5.41) is 2.49. The van der Waals surface area contributed by atoms with E-state index in [1.807, 2.05) is 30.3 Å². The molecule has 0 bridgehead atoms. The summed E-state index contributed by atoms with van der Waals surface area (Å²) in [6.45, 7) is 0.763. The number of ether oxygens (including phenoxy) is 2. The van der Waals surface area contributed by atoms with Crippen LogP contribution in [0.4, 0.5) is 18.9 Å². The molecule has 3 aromatic rings. The van der Waals surface area contributed by atoms with Gasteiger partial charge in [0, 0.05) is 16.8 Å². The van der Waals surface area contributed by atoms with E-state index < -0.39 is 17.6 Å². The van der Waals surface area contributed by atoms with Crippen LogP contribution < -0.4 is 14.8 Å². The lowest BCUT2D eigenvalue weighted by Gasteiger charge is -2.09. The van der Waals surface area contributed by atoms with Crippen molar-refractivity contribution in [3.8, 4) is 11.5 Å². The molecule has 0 saturated heterocycles. The minimum atomic E-state index is -4.46. The zero-order chi connectivity index (χ0) is 21.8. The summed E-state index contributed by atoms with van der Waals surface area (Å²) in [7, 11) is 0. The summed E-state index contributed by atoms with van der Waals surface area (Å²) < 4.78 is 49.9. The molecule has 0 spiro atoms. The highest BCUT2D eigenvalue weighted by molar-refractivity contribution is 6.34. The zero-order valence-corrected chi connectivity index (χ0v) is 16.3. The van der Waals surface area contributed by atoms with Crippen LogP contribution in [-0.2, 0) is 11.0 Å². The first-order valence-corrected chi connectivity index (χ1v) is 9.55. The number of amides is 1. The van der Waals surface area contributed by atoms with Gasteiger partial charge >= 0.3 is 6.18 Å². The van der Waals surface area contributed by atoms with Gasteiger partial charge in [0.2, 0.25) is 0 Å². The minimum absolute atomic E-state index is 0.157. The molecule has 0 aliphatic carbocycles. The molecule has 3 aromatic carbocycles. The highest BCUT2D eigenvalue weighted by Crippen LogP contribution is 2.38. The van der Waals surface area contributed by atoms with Crippen molar-refractivity contribution in [2.75, 3.05) is 18.5 Å². The second-order valence-corrected chi connectivity index (χ2v) is 6.85. The monoisotopic (exact) mass is 425 g/mol. The molecule has 1 N–H and O–H groups in total. The number of para-hydroxylation sites is 1. The number of hydrogen-bond acceptors (Lipinski definition) is 3. The van der Waals surface area contributed by atoms with Gasteiger partial charge in [-0.1, -0.05) is 36.4 Å². The molecule has 1 heterocycles. The number of anilines is 1. The second kappa shape index (κ2) is 8.55. The smallest absolute Gasteiger partial charge is 0.416 e. The number of carbonyl (C=O) groups excluding carboxylic acids is 1. The van der Waals surface area contributed by atoms with Crippen molar-refractivity contribution >= 4 is 23.2 Å². The van der Waals surface area contributed by atoms with Gasteiger partial charge < -0.3 is 14.8 Å². The van der Waals surface area contributed by atoms with Crippen LogP contribution >= 0.6 is 0 Å². The van der Waals surface area contributed by atoms with Gasteiger partial charge in [-0.3, -0.25) is 4.79 Å². The molecule has 31 heavy (non-hydrogen) atoms. The van der Waals surface area contributed by atoms with Gasteiger partial charge in [0.05, 0.1) is 5.56 Å². The summed E-state index contributed by atoms with van der Waals surface area (Å²) in [5.74, 6) is 0.975. The van der Waals surface area contributed by atoms with E-state index in [4.69, 9.17) is 9.47 Å². The second-order valence-electron chi connectivity index (χ2n) is 6.85. The third kappa shape index (κ3) is 4.88. The van der Waals surface area contributed by atoms with Crippen LogP contribution in [0.15, 0.2) is 72.8 Å². The summed E-state index contributed by atoms with van der Waals surface area (Å²) in [4.78, 5) is 12.3. The SMILES string of the molecule is O=C1Nc2cc(C(F)(F)F)ccc2/C1=C\c1ccc(OCCOc2ccccc2)cc1. The van der Waals surface area contributed by atoms with Gasteiger partial charge in [0.1, 0.15) is 24.7 Å². The molecule has 158 valence electrons. The van der Waals surface area contributed by atoms with Gasteiger partial charge in [-0.15, -0.1) is 0 Å². The highest BCUT2D eigenvalue weighted by atomic mass is 19.4. The van der Waals surface area contributed by atoms with Crippen LogP contribution in [0.25, 0.3) is 11.6 Å². The fraction of sp³-hybridized carbons (Fsp3) is 0.125. The van der Waals surface area contributed by atoms with Crippen molar-refractivity contribution in [1.29, 1.82) is 0 Å². The fourth-order valence-electron chi connectivity index (χ4n) is 3.18. The van der Waals surface area contributed by atoms with E-state index in [0.717, 1.165) is 23.4 Å². The molecule has 1 amide bonds. The van der Waals surface area contributed by atoms with Gasteiger partial charge in [-0.05, 0) is 48.0 Å². The Kier molecular flexibility index (Phi) is 5.66. The van der Waals surface area contributed by atoms with Gasteiger partial charge in [-0.25, -0.2) is 0 Å². The van der Waals surface area contributed by atoms with E-state index in [9.17, 15) is 18.0 Å². The third-order valence-corrected chi connectivity index (χ3v) is 4.68. The number of benzene rings is 3.